The summed E-state index contributed by atoms with van der Waals surface area (Å²) in [5, 5.41) is 0. The molecule has 50 valence electrons. The van der Waals surface area contributed by atoms with Crippen LogP contribution in [0.25, 0.3) is 0 Å². The lowest BCUT2D eigenvalue weighted by molar-refractivity contribution is 0.888. The highest BCUT2D eigenvalue weighted by atomic mass is 14.9. The van der Waals surface area contributed by atoms with Crippen molar-refractivity contribution in [3.63, 3.8) is 0 Å². The van der Waals surface area contributed by atoms with Gasteiger partial charge in [-0.3, -0.25) is 0 Å². The molecule has 2 heteroatoms. The molecule has 0 aliphatic heterocycles. The van der Waals surface area contributed by atoms with Crippen LogP contribution in [0.4, 0.5) is 0 Å². The van der Waals surface area contributed by atoms with Crippen molar-refractivity contribution >= 4 is 0 Å². The molecule has 0 aliphatic rings. The lowest BCUT2D eigenvalue weighted by Crippen LogP contribution is -1.81. The molecule has 0 aliphatic carbocycles. The van der Waals surface area contributed by atoms with Crippen LogP contribution in [-0.2, 0) is 6.42 Å². The molecule has 0 radical (unpaired) electrons. The maximum Gasteiger partial charge on any atom is 0.103 e. The highest BCUT2D eigenvalue weighted by molar-refractivity contribution is 4.99. The zero-order valence-electron chi connectivity index (χ0n) is 5.94. The molecule has 1 aromatic rings. The third-order valence-electron chi connectivity index (χ3n) is 1.27. The Morgan fingerprint density at radius 3 is 2.89 bits per heavy atom. The van der Waals surface area contributed by atoms with E-state index in [0.29, 0.717) is 0 Å². The first-order chi connectivity index (χ1) is 4.33. The molecule has 0 atom stereocenters. The average Bonchev–Trinajstić information content (AvgIpc) is 2.17. The molecule has 0 aromatic carbocycles. The second kappa shape index (κ2) is 2.67. The van der Waals surface area contributed by atoms with E-state index in [1.807, 2.05) is 13.1 Å². The normalized spacial score (nSPS) is 10.0. The molecule has 0 saturated carbocycles. The van der Waals surface area contributed by atoms with Crippen LogP contribution in [0.2, 0.25) is 0 Å². The number of H-pyrrole nitrogens is 1. The Morgan fingerprint density at radius 2 is 2.44 bits per heavy atom. The Balaban J connectivity index is 2.61. The monoisotopic (exact) mass is 124 g/mol. The van der Waals surface area contributed by atoms with Gasteiger partial charge in [0.15, 0.2) is 0 Å². The zero-order chi connectivity index (χ0) is 6.69. The number of nitrogens with zero attached hydrogens (tertiary/aromatic N) is 1. The second-order valence-corrected chi connectivity index (χ2v) is 2.24. The van der Waals surface area contributed by atoms with Crippen molar-refractivity contribution in [2.45, 2.75) is 26.7 Å². The Bertz CT molecular complexity index is 179. The van der Waals surface area contributed by atoms with Gasteiger partial charge < -0.3 is 4.98 Å². The van der Waals surface area contributed by atoms with E-state index in [9.17, 15) is 0 Å². The molecule has 0 bridgehead atoms. The number of aryl methyl sites for hydroxylation is 2. The summed E-state index contributed by atoms with van der Waals surface area (Å²) in [6.07, 6.45) is 4.20. The maximum atomic E-state index is 4.08. The van der Waals surface area contributed by atoms with Gasteiger partial charge in [0, 0.05) is 11.9 Å². The van der Waals surface area contributed by atoms with Crippen molar-refractivity contribution in [1.82, 2.24) is 9.97 Å². The molecule has 0 fully saturated rings. The lowest BCUT2D eigenvalue weighted by atomic mass is 10.3. The van der Waals surface area contributed by atoms with Crippen molar-refractivity contribution in [2.75, 3.05) is 0 Å². The summed E-state index contributed by atoms with van der Waals surface area (Å²) in [7, 11) is 0. The molecular weight excluding hydrogens is 112 g/mol. The summed E-state index contributed by atoms with van der Waals surface area (Å²) < 4.78 is 0. The van der Waals surface area contributed by atoms with Crippen molar-refractivity contribution in [3.8, 4) is 0 Å². The van der Waals surface area contributed by atoms with Crippen LogP contribution in [0, 0.1) is 6.92 Å². The third kappa shape index (κ3) is 1.56. The third-order valence-corrected chi connectivity index (χ3v) is 1.27. The number of nitrogens with one attached hydrogen (secondary N) is 1. The predicted molar refractivity (Wildman–Crippen MR) is 37.3 cm³/mol. The van der Waals surface area contributed by atoms with Gasteiger partial charge in [-0.25, -0.2) is 4.98 Å². The first kappa shape index (κ1) is 6.33. The molecule has 1 aromatic heterocycles. The van der Waals surface area contributed by atoms with Crippen LogP contribution >= 0.6 is 0 Å². The van der Waals surface area contributed by atoms with E-state index in [0.717, 1.165) is 12.2 Å². The maximum absolute atomic E-state index is 4.08. The Labute approximate surface area is 55.3 Å². The fourth-order valence-electron chi connectivity index (χ4n) is 0.868. The van der Waals surface area contributed by atoms with Crippen LogP contribution in [0.3, 0.4) is 0 Å². The van der Waals surface area contributed by atoms with Gasteiger partial charge in [-0.1, -0.05) is 13.3 Å². The van der Waals surface area contributed by atoms with Gasteiger partial charge in [-0.05, 0) is 13.3 Å². The minimum absolute atomic E-state index is 1.01. The number of rotatable bonds is 2. The highest BCUT2D eigenvalue weighted by Crippen LogP contribution is 1.98. The molecule has 1 heterocycles. The van der Waals surface area contributed by atoms with Crippen molar-refractivity contribution in [1.29, 1.82) is 0 Å². The van der Waals surface area contributed by atoms with E-state index in [1.165, 1.54) is 12.1 Å². The summed E-state index contributed by atoms with van der Waals surface area (Å²) in [5.41, 5.74) is 1.25. The standard InChI is InChI=1S/C7H12N2/c1-3-4-7-5-8-6(2)9-7/h5H,3-4H2,1-2H3,(H,8,9). The van der Waals surface area contributed by atoms with E-state index < -0.39 is 0 Å². The number of hydrogen-bond donors (Lipinski definition) is 1. The topological polar surface area (TPSA) is 28.7 Å². The number of aromatic nitrogens is 2. The molecule has 0 unspecified atom stereocenters. The van der Waals surface area contributed by atoms with Gasteiger partial charge in [0.25, 0.3) is 0 Å². The van der Waals surface area contributed by atoms with Crippen molar-refractivity contribution in [3.05, 3.63) is 17.7 Å². The van der Waals surface area contributed by atoms with E-state index in [1.54, 1.807) is 0 Å². The second-order valence-electron chi connectivity index (χ2n) is 2.24. The smallest absolute Gasteiger partial charge is 0.103 e. The van der Waals surface area contributed by atoms with Crippen LogP contribution < -0.4 is 0 Å². The number of imidazole rings is 1. The van der Waals surface area contributed by atoms with E-state index >= 15 is 0 Å². The molecule has 0 amide bonds. The molecular formula is C7H12N2. The van der Waals surface area contributed by atoms with Gasteiger partial charge in [0.05, 0.1) is 0 Å². The van der Waals surface area contributed by atoms with Crippen LogP contribution in [0.1, 0.15) is 24.9 Å². The highest BCUT2D eigenvalue weighted by Gasteiger charge is 1.91. The summed E-state index contributed by atoms with van der Waals surface area (Å²) in [6.45, 7) is 4.13. The van der Waals surface area contributed by atoms with E-state index in [4.69, 9.17) is 0 Å². The summed E-state index contributed by atoms with van der Waals surface area (Å²) >= 11 is 0. The molecule has 9 heavy (non-hydrogen) atoms. The van der Waals surface area contributed by atoms with Crippen LogP contribution in [0.5, 0.6) is 0 Å². The Kier molecular flexibility index (Phi) is 1.88. The minimum Gasteiger partial charge on any atom is -0.346 e. The average molecular weight is 124 g/mol. The van der Waals surface area contributed by atoms with Crippen molar-refractivity contribution in [2.24, 2.45) is 0 Å². The Hall–Kier alpha value is -0.790. The lowest BCUT2D eigenvalue weighted by Gasteiger charge is -1.87. The Morgan fingerprint density at radius 1 is 1.67 bits per heavy atom. The minimum atomic E-state index is 1.01. The zero-order valence-corrected chi connectivity index (χ0v) is 5.94. The number of aromatic amines is 1. The first-order valence-electron chi connectivity index (χ1n) is 3.33. The molecule has 0 spiro atoms. The van der Waals surface area contributed by atoms with Crippen LogP contribution in [0.15, 0.2) is 6.20 Å². The number of hydrogen-bond acceptors (Lipinski definition) is 1. The molecule has 1 rings (SSSR count). The van der Waals surface area contributed by atoms with Gasteiger partial charge in [-0.2, -0.15) is 0 Å². The van der Waals surface area contributed by atoms with Gasteiger partial charge in [-0.15, -0.1) is 0 Å². The van der Waals surface area contributed by atoms with Crippen LogP contribution in [-0.4, -0.2) is 9.97 Å². The fourth-order valence-corrected chi connectivity index (χ4v) is 0.868. The van der Waals surface area contributed by atoms with Crippen molar-refractivity contribution < 1.29 is 0 Å². The molecule has 0 saturated heterocycles. The quantitative estimate of drug-likeness (QED) is 0.638. The molecule has 2 nitrogen and oxygen atoms in total. The van der Waals surface area contributed by atoms with E-state index in [-0.39, 0.29) is 0 Å². The van der Waals surface area contributed by atoms with Gasteiger partial charge in [0.1, 0.15) is 5.82 Å². The summed E-state index contributed by atoms with van der Waals surface area (Å²) in [6, 6.07) is 0. The SMILES string of the molecule is CCCc1cnc(C)[nH]1. The summed E-state index contributed by atoms with van der Waals surface area (Å²) in [4.78, 5) is 7.25. The first-order valence-corrected chi connectivity index (χ1v) is 3.33. The van der Waals surface area contributed by atoms with Gasteiger partial charge >= 0.3 is 0 Å². The largest absolute Gasteiger partial charge is 0.346 e. The predicted octanol–water partition coefficient (Wildman–Crippen LogP) is 1.67. The molecule has 1 N–H and O–H groups in total. The summed E-state index contributed by atoms with van der Waals surface area (Å²) in [5.74, 6) is 1.01. The van der Waals surface area contributed by atoms with Gasteiger partial charge in [0.2, 0.25) is 0 Å². The van der Waals surface area contributed by atoms with E-state index in [2.05, 4.69) is 16.9 Å². The fraction of sp³-hybridized carbons (Fsp3) is 0.571.